The highest BCUT2D eigenvalue weighted by Gasteiger charge is 2.13. The fourth-order valence-electron chi connectivity index (χ4n) is 2.51. The largest absolute Gasteiger partial charge is 0.370 e. The van der Waals surface area contributed by atoms with Crippen LogP contribution in [0.25, 0.3) is 0 Å². The van der Waals surface area contributed by atoms with Crippen LogP contribution in [0.3, 0.4) is 0 Å². The zero-order valence-electron chi connectivity index (χ0n) is 14.4. The summed E-state index contributed by atoms with van der Waals surface area (Å²) in [5, 5.41) is 0. The van der Waals surface area contributed by atoms with Crippen molar-refractivity contribution in [2.75, 3.05) is 37.7 Å². The van der Waals surface area contributed by atoms with Gasteiger partial charge in [-0.3, -0.25) is 4.79 Å². The number of guanidine groups is 1. The first-order chi connectivity index (χ1) is 11.2. The monoisotopic (exact) mass is 462 g/mol. The molecule has 0 radical (unpaired) electrons. The molecule has 1 aliphatic rings. The topological polar surface area (TPSA) is 61.9 Å². The third kappa shape index (κ3) is 5.84. The lowest BCUT2D eigenvalue weighted by Gasteiger charge is -2.27. The Morgan fingerprint density at radius 2 is 1.79 bits per heavy atom. The number of hydrogen-bond acceptors (Lipinski definition) is 3. The van der Waals surface area contributed by atoms with Crippen LogP contribution in [-0.2, 0) is 6.54 Å². The number of hydrogen-bond donors (Lipinski definition) is 1. The summed E-state index contributed by atoms with van der Waals surface area (Å²) in [6.45, 7) is 7.93. The van der Waals surface area contributed by atoms with Crippen LogP contribution in [0.1, 0.15) is 29.8 Å². The predicted molar refractivity (Wildman–Crippen MR) is 113 cm³/mol. The van der Waals surface area contributed by atoms with Crippen LogP contribution in [0.5, 0.6) is 0 Å². The molecule has 1 aliphatic heterocycles. The fraction of sp³-hybridized carbons (Fsp3) is 0.529. The maximum Gasteiger partial charge on any atom is 0.253 e. The SMILES string of the molecule is CCN(CC)C(=O)c1ccc(CN=C(N)N2CCSCC2)cc1.I. The summed E-state index contributed by atoms with van der Waals surface area (Å²) in [4.78, 5) is 20.7. The molecule has 1 fully saturated rings. The summed E-state index contributed by atoms with van der Waals surface area (Å²) in [5.74, 6) is 2.92. The number of carbonyl (C=O) groups excluding carboxylic acids is 1. The Kier molecular flexibility index (Phi) is 9.50. The number of aliphatic imine (C=N–C) groups is 1. The molecule has 2 N–H and O–H groups in total. The van der Waals surface area contributed by atoms with E-state index >= 15 is 0 Å². The first kappa shape index (κ1) is 21.1. The summed E-state index contributed by atoms with van der Waals surface area (Å²) in [5.41, 5.74) is 7.85. The molecule has 1 heterocycles. The number of rotatable bonds is 5. The summed E-state index contributed by atoms with van der Waals surface area (Å²) in [7, 11) is 0. The van der Waals surface area contributed by atoms with Crippen molar-refractivity contribution < 1.29 is 4.79 Å². The highest BCUT2D eigenvalue weighted by atomic mass is 127. The van der Waals surface area contributed by atoms with Crippen molar-refractivity contribution >= 4 is 47.6 Å². The van der Waals surface area contributed by atoms with Crippen LogP contribution < -0.4 is 5.73 Å². The molecular weight excluding hydrogens is 435 g/mol. The van der Waals surface area contributed by atoms with E-state index in [1.807, 2.05) is 54.8 Å². The molecule has 24 heavy (non-hydrogen) atoms. The number of benzene rings is 1. The maximum absolute atomic E-state index is 12.3. The Bertz CT molecular complexity index is 540. The molecule has 5 nitrogen and oxygen atoms in total. The van der Waals surface area contributed by atoms with Gasteiger partial charge in [-0.05, 0) is 31.5 Å². The standard InChI is InChI=1S/C17H26N4OS.HI/c1-3-20(4-2)16(22)15-7-5-14(6-8-15)13-19-17(18)21-9-11-23-12-10-21;/h5-8H,3-4,9-13H2,1-2H3,(H2,18,19);1H. The van der Waals surface area contributed by atoms with Crippen molar-refractivity contribution in [1.29, 1.82) is 0 Å². The second kappa shape index (κ2) is 10.8. The van der Waals surface area contributed by atoms with Crippen LogP contribution in [0.4, 0.5) is 0 Å². The van der Waals surface area contributed by atoms with Gasteiger partial charge in [0.05, 0.1) is 6.54 Å². The van der Waals surface area contributed by atoms with Gasteiger partial charge in [0.1, 0.15) is 0 Å². The zero-order valence-corrected chi connectivity index (χ0v) is 17.5. The Morgan fingerprint density at radius 1 is 1.21 bits per heavy atom. The highest BCUT2D eigenvalue weighted by molar-refractivity contribution is 14.0. The summed E-state index contributed by atoms with van der Waals surface area (Å²) >= 11 is 1.95. The number of carbonyl (C=O) groups is 1. The van der Waals surface area contributed by atoms with Crippen molar-refractivity contribution in [3.63, 3.8) is 0 Å². The third-order valence-electron chi connectivity index (χ3n) is 4.01. The van der Waals surface area contributed by atoms with Gasteiger partial charge in [0.25, 0.3) is 5.91 Å². The zero-order chi connectivity index (χ0) is 16.7. The lowest BCUT2D eigenvalue weighted by molar-refractivity contribution is 0.0773. The molecule has 1 amide bonds. The minimum atomic E-state index is 0. The number of halogens is 1. The van der Waals surface area contributed by atoms with E-state index in [0.29, 0.717) is 12.5 Å². The number of nitrogens with two attached hydrogens (primary N) is 1. The molecule has 2 rings (SSSR count). The fourth-order valence-corrected chi connectivity index (χ4v) is 3.41. The van der Waals surface area contributed by atoms with Crippen molar-refractivity contribution in [1.82, 2.24) is 9.80 Å². The van der Waals surface area contributed by atoms with Gasteiger partial charge < -0.3 is 15.5 Å². The first-order valence-corrected chi connectivity index (χ1v) is 9.32. The van der Waals surface area contributed by atoms with Gasteiger partial charge in [-0.15, -0.1) is 24.0 Å². The van der Waals surface area contributed by atoms with Crippen LogP contribution in [0.2, 0.25) is 0 Å². The van der Waals surface area contributed by atoms with Crippen molar-refractivity contribution in [3.05, 3.63) is 35.4 Å². The van der Waals surface area contributed by atoms with E-state index in [9.17, 15) is 4.79 Å². The van der Waals surface area contributed by atoms with E-state index in [1.54, 1.807) is 0 Å². The molecule has 0 spiro atoms. The van der Waals surface area contributed by atoms with E-state index in [-0.39, 0.29) is 29.9 Å². The second-order valence-corrected chi connectivity index (χ2v) is 6.67. The lowest BCUT2D eigenvalue weighted by atomic mass is 10.1. The molecular formula is C17H27IN4OS. The Labute approximate surface area is 166 Å². The van der Waals surface area contributed by atoms with Gasteiger partial charge in [-0.1, -0.05) is 12.1 Å². The van der Waals surface area contributed by atoms with Crippen LogP contribution in [0.15, 0.2) is 29.3 Å². The van der Waals surface area contributed by atoms with Crippen molar-refractivity contribution in [2.24, 2.45) is 10.7 Å². The minimum Gasteiger partial charge on any atom is -0.370 e. The molecule has 0 aromatic heterocycles. The average Bonchev–Trinajstić information content (AvgIpc) is 2.61. The van der Waals surface area contributed by atoms with E-state index < -0.39 is 0 Å². The van der Waals surface area contributed by atoms with Gasteiger partial charge >= 0.3 is 0 Å². The molecule has 0 aliphatic carbocycles. The molecule has 0 bridgehead atoms. The van der Waals surface area contributed by atoms with Gasteiger partial charge in [0, 0.05) is 43.2 Å². The van der Waals surface area contributed by atoms with Crippen molar-refractivity contribution in [2.45, 2.75) is 20.4 Å². The predicted octanol–water partition coefficient (Wildman–Crippen LogP) is 2.65. The molecule has 0 unspecified atom stereocenters. The van der Waals surface area contributed by atoms with E-state index in [4.69, 9.17) is 5.73 Å². The van der Waals surface area contributed by atoms with Crippen LogP contribution in [-0.4, -0.2) is 59.4 Å². The maximum atomic E-state index is 12.3. The minimum absolute atomic E-state index is 0. The summed E-state index contributed by atoms with van der Waals surface area (Å²) in [6.07, 6.45) is 0. The quantitative estimate of drug-likeness (QED) is 0.415. The summed E-state index contributed by atoms with van der Waals surface area (Å²) in [6, 6.07) is 7.66. The molecule has 0 saturated carbocycles. The van der Waals surface area contributed by atoms with Gasteiger partial charge in [-0.25, -0.2) is 4.99 Å². The second-order valence-electron chi connectivity index (χ2n) is 5.45. The molecule has 7 heteroatoms. The van der Waals surface area contributed by atoms with Crippen LogP contribution >= 0.6 is 35.7 Å². The van der Waals surface area contributed by atoms with E-state index in [1.165, 1.54) is 0 Å². The van der Waals surface area contributed by atoms with Gasteiger partial charge in [0.15, 0.2) is 5.96 Å². The highest BCUT2D eigenvalue weighted by Crippen LogP contribution is 2.11. The Hall–Kier alpha value is -0.960. The average molecular weight is 462 g/mol. The van der Waals surface area contributed by atoms with Crippen LogP contribution in [0, 0.1) is 0 Å². The third-order valence-corrected chi connectivity index (χ3v) is 4.95. The normalized spacial score (nSPS) is 14.9. The lowest BCUT2D eigenvalue weighted by Crippen LogP contribution is -2.42. The Morgan fingerprint density at radius 3 is 2.33 bits per heavy atom. The Balaban J connectivity index is 0.00000288. The molecule has 0 atom stereocenters. The van der Waals surface area contributed by atoms with E-state index in [2.05, 4.69) is 9.89 Å². The van der Waals surface area contributed by atoms with Crippen molar-refractivity contribution in [3.8, 4) is 0 Å². The molecule has 1 aromatic carbocycles. The first-order valence-electron chi connectivity index (χ1n) is 8.16. The number of nitrogens with zero attached hydrogens (tertiary/aromatic N) is 3. The molecule has 134 valence electrons. The van der Waals surface area contributed by atoms with E-state index in [0.717, 1.165) is 48.8 Å². The molecule has 1 aromatic rings. The molecule has 1 saturated heterocycles. The van der Waals surface area contributed by atoms with Gasteiger partial charge in [0.2, 0.25) is 0 Å². The number of amides is 1. The van der Waals surface area contributed by atoms with Gasteiger partial charge in [-0.2, -0.15) is 11.8 Å². The summed E-state index contributed by atoms with van der Waals surface area (Å²) < 4.78 is 0. The number of thioether (sulfide) groups is 1. The smallest absolute Gasteiger partial charge is 0.253 e.